The summed E-state index contributed by atoms with van der Waals surface area (Å²) in [5.74, 6) is 0. The SMILES string of the molecule is CN(CCCCCO)C1CCc2ccccc2C1. The molecule has 100 valence electrons. The van der Waals surface area contributed by atoms with Crippen LogP contribution in [0.5, 0.6) is 0 Å². The van der Waals surface area contributed by atoms with E-state index in [9.17, 15) is 0 Å². The van der Waals surface area contributed by atoms with Gasteiger partial charge in [0.05, 0.1) is 0 Å². The highest BCUT2D eigenvalue weighted by Gasteiger charge is 2.21. The molecule has 0 amide bonds. The monoisotopic (exact) mass is 247 g/mol. The zero-order valence-corrected chi connectivity index (χ0v) is 11.4. The van der Waals surface area contributed by atoms with Crippen molar-refractivity contribution in [1.29, 1.82) is 0 Å². The average Bonchev–Trinajstić information content (AvgIpc) is 2.43. The van der Waals surface area contributed by atoms with Crippen LogP contribution in [-0.2, 0) is 12.8 Å². The van der Waals surface area contributed by atoms with Gasteiger partial charge in [-0.2, -0.15) is 0 Å². The normalized spacial score (nSPS) is 18.9. The molecule has 0 fully saturated rings. The quantitative estimate of drug-likeness (QED) is 0.781. The summed E-state index contributed by atoms with van der Waals surface area (Å²) in [4.78, 5) is 2.51. The molecule has 0 saturated heterocycles. The molecule has 0 radical (unpaired) electrons. The predicted molar refractivity (Wildman–Crippen MR) is 75.8 cm³/mol. The van der Waals surface area contributed by atoms with Gasteiger partial charge in [-0.05, 0) is 63.2 Å². The smallest absolute Gasteiger partial charge is 0.0431 e. The first-order valence-corrected chi connectivity index (χ1v) is 7.19. The van der Waals surface area contributed by atoms with Crippen molar-refractivity contribution in [1.82, 2.24) is 4.90 Å². The van der Waals surface area contributed by atoms with Gasteiger partial charge in [0.2, 0.25) is 0 Å². The van der Waals surface area contributed by atoms with Gasteiger partial charge < -0.3 is 10.0 Å². The Morgan fingerprint density at radius 1 is 1.17 bits per heavy atom. The molecule has 0 saturated carbocycles. The highest BCUT2D eigenvalue weighted by Crippen LogP contribution is 2.23. The van der Waals surface area contributed by atoms with Crippen LogP contribution >= 0.6 is 0 Å². The Balaban J connectivity index is 1.81. The number of hydrogen-bond acceptors (Lipinski definition) is 2. The number of unbranched alkanes of at least 4 members (excludes halogenated alkanes) is 2. The lowest BCUT2D eigenvalue weighted by Gasteiger charge is -2.32. The van der Waals surface area contributed by atoms with Crippen LogP contribution in [0.4, 0.5) is 0 Å². The highest BCUT2D eigenvalue weighted by atomic mass is 16.2. The summed E-state index contributed by atoms with van der Waals surface area (Å²) in [5, 5.41) is 8.78. The van der Waals surface area contributed by atoms with E-state index in [0.29, 0.717) is 12.6 Å². The fourth-order valence-corrected chi connectivity index (χ4v) is 2.89. The van der Waals surface area contributed by atoms with Gasteiger partial charge in [0.25, 0.3) is 0 Å². The van der Waals surface area contributed by atoms with Crippen molar-refractivity contribution >= 4 is 0 Å². The van der Waals surface area contributed by atoms with Crippen LogP contribution in [0.1, 0.15) is 36.8 Å². The zero-order valence-electron chi connectivity index (χ0n) is 11.4. The van der Waals surface area contributed by atoms with E-state index in [2.05, 4.69) is 36.2 Å². The lowest BCUT2D eigenvalue weighted by molar-refractivity contribution is 0.213. The summed E-state index contributed by atoms with van der Waals surface area (Å²) < 4.78 is 0. The van der Waals surface area contributed by atoms with E-state index in [1.54, 1.807) is 5.56 Å². The Labute approximate surface area is 111 Å². The van der Waals surface area contributed by atoms with Gasteiger partial charge in [0.1, 0.15) is 0 Å². The molecule has 2 rings (SSSR count). The van der Waals surface area contributed by atoms with Crippen LogP contribution in [0.15, 0.2) is 24.3 Å². The van der Waals surface area contributed by atoms with Crippen LogP contribution in [0.25, 0.3) is 0 Å². The van der Waals surface area contributed by atoms with Crippen molar-refractivity contribution in [2.24, 2.45) is 0 Å². The van der Waals surface area contributed by atoms with E-state index >= 15 is 0 Å². The van der Waals surface area contributed by atoms with Crippen LogP contribution < -0.4 is 0 Å². The topological polar surface area (TPSA) is 23.5 Å². The number of aliphatic hydroxyl groups excluding tert-OH is 1. The molecule has 0 aromatic heterocycles. The van der Waals surface area contributed by atoms with Crippen molar-refractivity contribution in [3.63, 3.8) is 0 Å². The molecule has 2 nitrogen and oxygen atoms in total. The second kappa shape index (κ2) is 6.91. The Bertz CT molecular complexity index is 364. The van der Waals surface area contributed by atoms with Crippen LogP contribution in [0.2, 0.25) is 0 Å². The number of benzene rings is 1. The summed E-state index contributed by atoms with van der Waals surface area (Å²) in [6.07, 6.45) is 7.00. The molecule has 1 aliphatic carbocycles. The van der Waals surface area contributed by atoms with Gasteiger partial charge in [-0.1, -0.05) is 24.3 Å². The number of fused-ring (bicyclic) bond motifs is 1. The minimum atomic E-state index is 0.334. The first-order chi connectivity index (χ1) is 8.81. The molecule has 0 heterocycles. The number of hydrogen-bond donors (Lipinski definition) is 1. The van der Waals surface area contributed by atoms with Crippen LogP contribution in [-0.4, -0.2) is 36.2 Å². The van der Waals surface area contributed by atoms with Crippen molar-refractivity contribution < 1.29 is 5.11 Å². The number of nitrogens with zero attached hydrogens (tertiary/aromatic N) is 1. The molecule has 0 bridgehead atoms. The average molecular weight is 247 g/mol. The Hall–Kier alpha value is -0.860. The standard InChI is InChI=1S/C16H25NO/c1-17(11-5-2-6-12-18)16-10-9-14-7-3-4-8-15(14)13-16/h3-4,7-8,16,18H,2,5-6,9-13H2,1H3. The first-order valence-electron chi connectivity index (χ1n) is 7.19. The third-order valence-electron chi connectivity index (χ3n) is 4.11. The molecule has 1 atom stereocenters. The largest absolute Gasteiger partial charge is 0.396 e. The third-order valence-corrected chi connectivity index (χ3v) is 4.11. The molecule has 1 aromatic rings. The highest BCUT2D eigenvalue weighted by molar-refractivity contribution is 5.30. The molecule has 0 aliphatic heterocycles. The molecule has 18 heavy (non-hydrogen) atoms. The molecule has 1 aromatic carbocycles. The zero-order chi connectivity index (χ0) is 12.8. The minimum absolute atomic E-state index is 0.334. The van der Waals surface area contributed by atoms with Gasteiger partial charge in [-0.25, -0.2) is 0 Å². The van der Waals surface area contributed by atoms with Crippen LogP contribution in [0.3, 0.4) is 0 Å². The maximum Gasteiger partial charge on any atom is 0.0431 e. The van der Waals surface area contributed by atoms with Gasteiger partial charge in [-0.15, -0.1) is 0 Å². The maximum atomic E-state index is 8.78. The second-order valence-electron chi connectivity index (χ2n) is 5.43. The van der Waals surface area contributed by atoms with E-state index in [4.69, 9.17) is 5.11 Å². The lowest BCUT2D eigenvalue weighted by atomic mass is 9.87. The fraction of sp³-hybridized carbons (Fsp3) is 0.625. The van der Waals surface area contributed by atoms with Gasteiger partial charge in [-0.3, -0.25) is 0 Å². The van der Waals surface area contributed by atoms with E-state index in [1.165, 1.54) is 31.2 Å². The Kier molecular flexibility index (Phi) is 5.21. The summed E-state index contributed by atoms with van der Waals surface area (Å²) >= 11 is 0. The molecule has 1 aliphatic rings. The number of aryl methyl sites for hydroxylation is 1. The van der Waals surface area contributed by atoms with E-state index in [0.717, 1.165) is 19.4 Å². The number of likely N-dealkylation sites (N-methyl/N-ethyl adjacent to an activating group) is 1. The van der Waals surface area contributed by atoms with Crippen molar-refractivity contribution in [3.8, 4) is 0 Å². The minimum Gasteiger partial charge on any atom is -0.396 e. The van der Waals surface area contributed by atoms with Crippen LogP contribution in [0, 0.1) is 0 Å². The molecule has 1 N–H and O–H groups in total. The maximum absolute atomic E-state index is 8.78. The Morgan fingerprint density at radius 2 is 1.94 bits per heavy atom. The molecular formula is C16H25NO. The summed E-state index contributed by atoms with van der Waals surface area (Å²) in [5.41, 5.74) is 3.08. The van der Waals surface area contributed by atoms with E-state index in [-0.39, 0.29) is 0 Å². The second-order valence-corrected chi connectivity index (χ2v) is 5.43. The number of rotatable bonds is 6. The summed E-state index contributed by atoms with van der Waals surface area (Å²) in [7, 11) is 2.25. The summed E-state index contributed by atoms with van der Waals surface area (Å²) in [6, 6.07) is 9.56. The van der Waals surface area contributed by atoms with Crippen molar-refractivity contribution in [2.75, 3.05) is 20.2 Å². The van der Waals surface area contributed by atoms with Crippen molar-refractivity contribution in [2.45, 2.75) is 44.6 Å². The molecule has 0 spiro atoms. The van der Waals surface area contributed by atoms with E-state index in [1.807, 2.05) is 0 Å². The van der Waals surface area contributed by atoms with Gasteiger partial charge >= 0.3 is 0 Å². The third kappa shape index (κ3) is 3.56. The number of aliphatic hydroxyl groups is 1. The van der Waals surface area contributed by atoms with Gasteiger partial charge in [0, 0.05) is 12.6 Å². The Morgan fingerprint density at radius 3 is 2.72 bits per heavy atom. The van der Waals surface area contributed by atoms with Crippen molar-refractivity contribution in [3.05, 3.63) is 35.4 Å². The van der Waals surface area contributed by atoms with Gasteiger partial charge in [0.15, 0.2) is 0 Å². The molecular weight excluding hydrogens is 222 g/mol. The lowest BCUT2D eigenvalue weighted by Crippen LogP contribution is -2.37. The first kappa shape index (κ1) is 13.6. The summed E-state index contributed by atoms with van der Waals surface area (Å²) in [6.45, 7) is 1.49. The predicted octanol–water partition coefficient (Wildman–Crippen LogP) is 2.64. The molecule has 1 unspecified atom stereocenters. The fourth-order valence-electron chi connectivity index (χ4n) is 2.89. The molecule has 2 heteroatoms. The van der Waals surface area contributed by atoms with E-state index < -0.39 is 0 Å².